The Morgan fingerprint density at radius 1 is 1.13 bits per heavy atom. The third kappa shape index (κ3) is 5.38. The molecule has 3 aromatic rings. The molecule has 0 amide bonds. The van der Waals surface area contributed by atoms with E-state index in [1.165, 1.54) is 18.6 Å². The highest BCUT2D eigenvalue weighted by Crippen LogP contribution is 2.62. The number of ether oxygens (including phenoxy) is 2. The molecular formula is C19H29N5O6P+. The summed E-state index contributed by atoms with van der Waals surface area (Å²) in [6.45, 7) is 7.17. The van der Waals surface area contributed by atoms with Gasteiger partial charge in [0.1, 0.15) is 5.65 Å². The molecular weight excluding hydrogens is 425 g/mol. The van der Waals surface area contributed by atoms with Crippen LogP contribution >= 0.6 is 7.94 Å². The molecule has 0 bridgehead atoms. The lowest BCUT2D eigenvalue weighted by molar-refractivity contribution is -0.180. The van der Waals surface area contributed by atoms with Crippen molar-refractivity contribution in [1.29, 1.82) is 0 Å². The molecule has 0 atom stereocenters. The van der Waals surface area contributed by atoms with Gasteiger partial charge >= 0.3 is 7.94 Å². The van der Waals surface area contributed by atoms with E-state index < -0.39 is 19.5 Å². The minimum absolute atomic E-state index is 0.111. The van der Waals surface area contributed by atoms with E-state index in [4.69, 9.17) is 18.5 Å². The number of allylic oxidation sites excluding steroid dienone is 2. The molecule has 0 fully saturated rings. The zero-order chi connectivity index (χ0) is 22.9. The maximum atomic E-state index is 12.5. The van der Waals surface area contributed by atoms with Gasteiger partial charge in [0.05, 0.1) is 6.33 Å². The number of imidazole rings is 2. The Balaban J connectivity index is 1.78. The van der Waals surface area contributed by atoms with Gasteiger partial charge in [0.2, 0.25) is 17.4 Å². The van der Waals surface area contributed by atoms with Crippen molar-refractivity contribution < 1.29 is 23.4 Å². The van der Waals surface area contributed by atoms with Crippen LogP contribution in [-0.2, 0) is 25.1 Å². The molecule has 0 aliphatic rings. The molecule has 0 saturated heterocycles. The fourth-order valence-electron chi connectivity index (χ4n) is 2.84. The number of nitrogens with zero attached hydrogens (tertiary/aromatic N) is 4. The highest BCUT2D eigenvalue weighted by Gasteiger charge is 2.50. The van der Waals surface area contributed by atoms with Gasteiger partial charge in [-0.3, -0.25) is 4.79 Å². The fraction of sp³-hybridized carbons (Fsp3) is 0.526. The maximum Gasteiger partial charge on any atom is 0.418 e. The summed E-state index contributed by atoms with van der Waals surface area (Å²) < 4.78 is 25.3. The van der Waals surface area contributed by atoms with Crippen LogP contribution in [0.25, 0.3) is 16.9 Å². The van der Waals surface area contributed by atoms with E-state index in [0.717, 1.165) is 0 Å². The molecule has 12 heteroatoms. The summed E-state index contributed by atoms with van der Waals surface area (Å²) in [5.74, 6) is -1.65. The van der Waals surface area contributed by atoms with Crippen LogP contribution < -0.4 is 5.56 Å². The topological polar surface area (TPSA) is 125 Å². The van der Waals surface area contributed by atoms with E-state index >= 15 is 0 Å². The lowest BCUT2D eigenvalue weighted by Crippen LogP contribution is -2.33. The van der Waals surface area contributed by atoms with Gasteiger partial charge in [-0.25, -0.2) is 14.4 Å². The Morgan fingerprint density at radius 2 is 1.77 bits per heavy atom. The van der Waals surface area contributed by atoms with Gasteiger partial charge in [-0.2, -0.15) is 4.89 Å². The average molecular weight is 454 g/mol. The van der Waals surface area contributed by atoms with Gasteiger partial charge in [0.15, 0.2) is 11.7 Å². The number of methoxy groups -OCH3 is 2. The van der Waals surface area contributed by atoms with Gasteiger partial charge in [-0.05, 0) is 33.8 Å². The molecule has 0 aromatic carbocycles. The lowest BCUT2D eigenvalue weighted by Gasteiger charge is -2.30. The van der Waals surface area contributed by atoms with Crippen molar-refractivity contribution in [1.82, 2.24) is 23.9 Å². The van der Waals surface area contributed by atoms with Crippen molar-refractivity contribution in [3.8, 4) is 0 Å². The number of hydrogen-bond acceptors (Lipinski definition) is 8. The standard InChI is InChI=1S/C19H28N5O6P/c1-18(2,27-5)29-31(26,30-19(3,4)28-6)12-8-7-10-23-13-21-14-15(23)22-17-20-9-11-24(17)16(14)25/h7-9,11,13,26H,10,12H2,1-6H3/p+1/b8-7+. The highest BCUT2D eigenvalue weighted by molar-refractivity contribution is 7.60. The number of H-pyrrole nitrogens is 1. The third-order valence-corrected chi connectivity index (χ3v) is 6.77. The molecule has 170 valence electrons. The first-order valence-electron chi connectivity index (χ1n) is 9.67. The van der Waals surface area contributed by atoms with Crippen molar-refractivity contribution >= 4 is 24.9 Å². The van der Waals surface area contributed by atoms with Crippen molar-refractivity contribution in [3.05, 3.63) is 41.2 Å². The van der Waals surface area contributed by atoms with Crippen LogP contribution in [0.3, 0.4) is 0 Å². The van der Waals surface area contributed by atoms with Crippen LogP contribution in [0.15, 0.2) is 35.7 Å². The van der Waals surface area contributed by atoms with Crippen molar-refractivity contribution in [2.75, 3.05) is 20.4 Å². The van der Waals surface area contributed by atoms with E-state index in [1.54, 1.807) is 57.1 Å². The maximum absolute atomic E-state index is 12.5. The molecule has 0 saturated carbocycles. The molecule has 0 radical (unpaired) electrons. The first-order valence-corrected chi connectivity index (χ1v) is 11.4. The molecule has 2 N–H and O–H groups in total. The number of nitrogens with one attached hydrogen (secondary N) is 1. The van der Waals surface area contributed by atoms with E-state index in [0.29, 0.717) is 23.5 Å². The Labute approximate surface area is 180 Å². The summed E-state index contributed by atoms with van der Waals surface area (Å²) >= 11 is 0. The van der Waals surface area contributed by atoms with Crippen molar-refractivity contribution in [2.24, 2.45) is 0 Å². The first-order chi connectivity index (χ1) is 14.5. The normalized spacial score (nSPS) is 13.8. The predicted octanol–water partition coefficient (Wildman–Crippen LogP) is 2.48. The second kappa shape index (κ2) is 8.78. The fourth-order valence-corrected chi connectivity index (χ4v) is 4.96. The van der Waals surface area contributed by atoms with E-state index in [-0.39, 0.29) is 11.7 Å². The predicted molar refractivity (Wildman–Crippen MR) is 117 cm³/mol. The van der Waals surface area contributed by atoms with Crippen LogP contribution in [0.2, 0.25) is 0 Å². The summed E-state index contributed by atoms with van der Waals surface area (Å²) in [6.07, 6.45) is 8.39. The number of hydrogen-bond donors (Lipinski definition) is 2. The molecule has 31 heavy (non-hydrogen) atoms. The summed E-state index contributed by atoms with van der Waals surface area (Å²) in [5, 5.41) is 0. The van der Waals surface area contributed by atoms with Crippen LogP contribution in [0.4, 0.5) is 0 Å². The SMILES string of the molecule is COC(C)(C)O[P+](O)(C/C=C/Cn1cnc2c(=O)n3ccnc3[nH]c21)OC(C)(C)OC. The Bertz CT molecular complexity index is 1110. The molecule has 3 aromatic heterocycles. The molecule has 0 spiro atoms. The number of aromatic amines is 1. The molecule has 0 unspecified atom stereocenters. The van der Waals surface area contributed by atoms with Gasteiger partial charge in [-0.15, -0.1) is 9.05 Å². The zero-order valence-electron chi connectivity index (χ0n) is 18.5. The largest absolute Gasteiger partial charge is 0.418 e. The zero-order valence-corrected chi connectivity index (χ0v) is 19.4. The molecule has 0 aliphatic carbocycles. The lowest BCUT2D eigenvalue weighted by atomic mass is 10.4. The number of fused-ring (bicyclic) bond motifs is 2. The summed E-state index contributed by atoms with van der Waals surface area (Å²) in [4.78, 5) is 35.0. The Kier molecular flexibility index (Phi) is 6.66. The van der Waals surface area contributed by atoms with E-state index in [9.17, 15) is 9.69 Å². The monoisotopic (exact) mass is 454 g/mol. The minimum Gasteiger partial charge on any atom is -0.350 e. The molecule has 3 heterocycles. The summed E-state index contributed by atoms with van der Waals surface area (Å²) in [6, 6.07) is 0. The first kappa shape index (κ1) is 23.5. The molecule has 11 nitrogen and oxygen atoms in total. The van der Waals surface area contributed by atoms with E-state index in [1.807, 2.05) is 6.08 Å². The van der Waals surface area contributed by atoms with Crippen molar-refractivity contribution in [3.63, 3.8) is 0 Å². The highest BCUT2D eigenvalue weighted by atomic mass is 31.2. The van der Waals surface area contributed by atoms with Crippen LogP contribution in [0.1, 0.15) is 27.7 Å². The number of rotatable bonds is 10. The number of aromatic nitrogens is 5. The summed E-state index contributed by atoms with van der Waals surface area (Å²) in [7, 11) is -0.386. The molecule has 3 rings (SSSR count). The van der Waals surface area contributed by atoms with Crippen LogP contribution in [-0.4, -0.2) is 60.8 Å². The Hall–Kier alpha value is -2.14. The van der Waals surface area contributed by atoms with Gasteiger partial charge in [0.25, 0.3) is 5.56 Å². The van der Waals surface area contributed by atoms with Crippen LogP contribution in [0.5, 0.6) is 0 Å². The second-order valence-electron chi connectivity index (χ2n) is 7.83. The average Bonchev–Trinajstić information content (AvgIpc) is 3.32. The summed E-state index contributed by atoms with van der Waals surface area (Å²) in [5.41, 5.74) is 0.639. The third-order valence-electron chi connectivity index (χ3n) is 4.64. The molecule has 0 aliphatic heterocycles. The second-order valence-corrected chi connectivity index (χ2v) is 9.83. The van der Waals surface area contributed by atoms with Gasteiger partial charge in [0, 0.05) is 33.2 Å². The van der Waals surface area contributed by atoms with Crippen molar-refractivity contribution in [2.45, 2.75) is 45.8 Å². The van der Waals surface area contributed by atoms with Gasteiger partial charge in [-0.1, -0.05) is 6.08 Å². The Morgan fingerprint density at radius 3 is 2.39 bits per heavy atom. The van der Waals surface area contributed by atoms with Crippen LogP contribution in [0, 0.1) is 0 Å². The smallest absolute Gasteiger partial charge is 0.350 e. The van der Waals surface area contributed by atoms with E-state index in [2.05, 4.69) is 15.0 Å². The quantitative estimate of drug-likeness (QED) is 0.272. The van der Waals surface area contributed by atoms with Gasteiger partial charge < -0.3 is 19.0 Å². The minimum atomic E-state index is -3.36.